The predicted octanol–water partition coefficient (Wildman–Crippen LogP) is 3.68. The van der Waals surface area contributed by atoms with Gasteiger partial charge in [-0.2, -0.15) is 4.98 Å². The summed E-state index contributed by atoms with van der Waals surface area (Å²) < 4.78 is 7.21. The minimum atomic E-state index is -0.129. The summed E-state index contributed by atoms with van der Waals surface area (Å²) in [5.74, 6) is 2.19. The first-order valence-electron chi connectivity index (χ1n) is 11.7. The number of rotatable bonds is 5. The summed E-state index contributed by atoms with van der Waals surface area (Å²) in [6, 6.07) is 6.02. The van der Waals surface area contributed by atoms with Gasteiger partial charge in [0.05, 0.1) is 31.5 Å². The predicted molar refractivity (Wildman–Crippen MR) is 128 cm³/mol. The van der Waals surface area contributed by atoms with Gasteiger partial charge in [0, 0.05) is 29.7 Å². The quantitative estimate of drug-likeness (QED) is 0.543. The van der Waals surface area contributed by atoms with E-state index in [-0.39, 0.29) is 6.04 Å². The molecule has 3 aliphatic heterocycles. The Labute approximate surface area is 202 Å². The second-order valence-corrected chi connectivity index (χ2v) is 10.4. The summed E-state index contributed by atoms with van der Waals surface area (Å²) in [6.07, 6.45) is 4.37. The third-order valence-corrected chi connectivity index (χ3v) is 8.03. The van der Waals surface area contributed by atoms with Gasteiger partial charge in [0.25, 0.3) is 0 Å². The largest absolute Gasteiger partial charge is 0.378 e. The molecule has 3 aromatic rings. The Morgan fingerprint density at radius 1 is 1.12 bits per heavy atom. The molecule has 174 valence electrons. The molecule has 3 saturated heterocycles. The summed E-state index contributed by atoms with van der Waals surface area (Å²) in [4.78, 5) is 14.3. The van der Waals surface area contributed by atoms with Crippen LogP contribution in [0.2, 0.25) is 10.0 Å². The molecule has 0 saturated carbocycles. The normalized spacial score (nSPS) is 23.5. The van der Waals surface area contributed by atoms with E-state index in [0.717, 1.165) is 49.4 Å². The fourth-order valence-corrected chi connectivity index (χ4v) is 5.85. The highest BCUT2D eigenvalue weighted by Gasteiger charge is 2.39. The molecule has 5 heterocycles. The summed E-state index contributed by atoms with van der Waals surface area (Å²) in [7, 11) is 0. The van der Waals surface area contributed by atoms with E-state index in [1.165, 1.54) is 25.9 Å². The highest BCUT2D eigenvalue weighted by molar-refractivity contribution is 6.35. The number of hydrogen-bond donors (Lipinski definition) is 0. The number of benzene rings is 1. The topological polar surface area (TPSA) is 72.2 Å². The van der Waals surface area contributed by atoms with Crippen LogP contribution in [-0.2, 0) is 4.74 Å². The van der Waals surface area contributed by atoms with Crippen LogP contribution >= 0.6 is 23.2 Å². The molecule has 3 fully saturated rings. The maximum Gasteiger partial charge on any atom is 0.227 e. The Bertz CT molecular complexity index is 1160. The lowest BCUT2D eigenvalue weighted by Gasteiger charge is -2.48. The van der Waals surface area contributed by atoms with Crippen LogP contribution in [0, 0.1) is 11.8 Å². The lowest BCUT2D eigenvalue weighted by molar-refractivity contribution is -0.0804. The van der Waals surface area contributed by atoms with E-state index in [0.29, 0.717) is 27.5 Å². The molecule has 0 amide bonds. The van der Waals surface area contributed by atoms with Crippen molar-refractivity contribution in [2.45, 2.75) is 31.8 Å². The third-order valence-electron chi connectivity index (χ3n) is 7.47. The zero-order chi connectivity index (χ0) is 22.5. The fraction of sp³-hybridized carbons (Fsp3) is 0.565. The highest BCUT2D eigenvalue weighted by atomic mass is 35.5. The Hall–Kier alpha value is -2.00. The van der Waals surface area contributed by atoms with Crippen molar-refractivity contribution in [1.29, 1.82) is 0 Å². The highest BCUT2D eigenvalue weighted by Crippen LogP contribution is 2.35. The van der Waals surface area contributed by atoms with Crippen molar-refractivity contribution < 1.29 is 4.74 Å². The van der Waals surface area contributed by atoms with E-state index >= 15 is 0 Å². The number of piperidine rings is 1. The van der Waals surface area contributed by atoms with Gasteiger partial charge in [-0.15, -0.1) is 5.10 Å². The van der Waals surface area contributed by atoms with Gasteiger partial charge in [-0.3, -0.25) is 4.90 Å². The number of nitrogens with zero attached hydrogens (tertiary/aromatic N) is 7. The van der Waals surface area contributed by atoms with E-state index in [1.54, 1.807) is 12.3 Å². The molecular weight excluding hydrogens is 461 g/mol. The van der Waals surface area contributed by atoms with Crippen molar-refractivity contribution in [1.82, 2.24) is 29.9 Å². The Balaban J connectivity index is 1.17. The number of likely N-dealkylation sites (tertiary alicyclic amines) is 1. The molecule has 6 rings (SSSR count). The second-order valence-electron chi connectivity index (χ2n) is 9.51. The molecule has 33 heavy (non-hydrogen) atoms. The monoisotopic (exact) mass is 487 g/mol. The van der Waals surface area contributed by atoms with E-state index in [1.807, 2.05) is 23.7 Å². The van der Waals surface area contributed by atoms with Gasteiger partial charge in [0.2, 0.25) is 5.95 Å². The number of fused-ring (bicyclic) bond motifs is 1. The molecule has 0 bridgehead atoms. The van der Waals surface area contributed by atoms with Gasteiger partial charge in [-0.1, -0.05) is 34.5 Å². The number of halogens is 2. The van der Waals surface area contributed by atoms with Gasteiger partial charge in [0.15, 0.2) is 11.2 Å². The molecule has 10 heteroatoms. The molecule has 0 spiro atoms. The van der Waals surface area contributed by atoms with E-state index < -0.39 is 0 Å². The second kappa shape index (κ2) is 8.65. The zero-order valence-electron chi connectivity index (χ0n) is 18.6. The fourth-order valence-electron chi connectivity index (χ4n) is 5.29. The average Bonchev–Trinajstić information content (AvgIpc) is 3.15. The summed E-state index contributed by atoms with van der Waals surface area (Å²) in [6.45, 7) is 8.26. The first-order valence-corrected chi connectivity index (χ1v) is 12.4. The SMILES string of the molecule is C[C@H](c1ccc(Cl)cc1Cl)n1nnc2cnc(N3CC([C@H]4CCCN(C5COC5)C4)C3)nc21. The number of hydrogen-bond acceptors (Lipinski definition) is 7. The summed E-state index contributed by atoms with van der Waals surface area (Å²) >= 11 is 12.5. The number of anilines is 1. The molecule has 0 radical (unpaired) electrons. The van der Waals surface area contributed by atoms with Crippen LogP contribution in [0.15, 0.2) is 24.4 Å². The Kier molecular flexibility index (Phi) is 5.64. The van der Waals surface area contributed by atoms with Gasteiger partial charge < -0.3 is 9.64 Å². The lowest BCUT2D eigenvalue weighted by atomic mass is 9.80. The average molecular weight is 488 g/mol. The maximum absolute atomic E-state index is 6.44. The summed E-state index contributed by atoms with van der Waals surface area (Å²) in [5, 5.41) is 9.83. The zero-order valence-corrected chi connectivity index (χ0v) is 20.1. The van der Waals surface area contributed by atoms with E-state index in [2.05, 4.69) is 25.1 Å². The standard InChI is InChI=1S/C23H27Cl2N7O/c1-14(19-5-4-17(24)7-20(19)25)32-22-21(28-29-32)8-26-23(27-22)31-10-16(11-31)15-3-2-6-30(9-15)18-12-33-13-18/h4-5,7-8,14-16,18H,2-3,6,9-13H2,1H3/t14-,15+/m1/s1. The molecular formula is C23H27Cl2N7O. The van der Waals surface area contributed by atoms with Crippen LogP contribution in [0.3, 0.4) is 0 Å². The molecule has 8 nitrogen and oxygen atoms in total. The molecule has 0 unspecified atom stereocenters. The van der Waals surface area contributed by atoms with Crippen molar-refractivity contribution in [2.24, 2.45) is 11.8 Å². The van der Waals surface area contributed by atoms with Crippen molar-refractivity contribution in [3.05, 3.63) is 40.0 Å². The van der Waals surface area contributed by atoms with E-state index in [4.69, 9.17) is 32.9 Å². The molecule has 0 N–H and O–H groups in total. The smallest absolute Gasteiger partial charge is 0.227 e. The van der Waals surface area contributed by atoms with Crippen LogP contribution in [-0.4, -0.2) is 75.3 Å². The number of ether oxygens (including phenoxy) is 1. The minimum Gasteiger partial charge on any atom is -0.378 e. The summed E-state index contributed by atoms with van der Waals surface area (Å²) in [5.41, 5.74) is 2.32. The molecule has 2 aromatic heterocycles. The first-order chi connectivity index (χ1) is 16.1. The minimum absolute atomic E-state index is 0.129. The lowest BCUT2D eigenvalue weighted by Crippen LogP contribution is -2.57. The van der Waals surface area contributed by atoms with Crippen LogP contribution < -0.4 is 4.90 Å². The van der Waals surface area contributed by atoms with Crippen molar-refractivity contribution >= 4 is 40.3 Å². The molecule has 3 aliphatic rings. The third kappa shape index (κ3) is 3.97. The van der Waals surface area contributed by atoms with Crippen molar-refractivity contribution in [3.63, 3.8) is 0 Å². The molecule has 1 aromatic carbocycles. The van der Waals surface area contributed by atoms with Gasteiger partial charge in [-0.25, -0.2) is 9.67 Å². The van der Waals surface area contributed by atoms with Crippen LogP contribution in [0.5, 0.6) is 0 Å². The maximum atomic E-state index is 6.44. The molecule has 0 aliphatic carbocycles. The van der Waals surface area contributed by atoms with Crippen LogP contribution in [0.4, 0.5) is 5.95 Å². The van der Waals surface area contributed by atoms with Gasteiger partial charge >= 0.3 is 0 Å². The van der Waals surface area contributed by atoms with Gasteiger partial charge in [-0.05, 0) is 55.8 Å². The van der Waals surface area contributed by atoms with Crippen molar-refractivity contribution in [3.8, 4) is 0 Å². The van der Waals surface area contributed by atoms with Gasteiger partial charge in [0.1, 0.15) is 0 Å². The Morgan fingerprint density at radius 2 is 1.97 bits per heavy atom. The van der Waals surface area contributed by atoms with E-state index in [9.17, 15) is 0 Å². The molecule has 2 atom stereocenters. The van der Waals surface area contributed by atoms with Crippen LogP contribution in [0.1, 0.15) is 31.4 Å². The Morgan fingerprint density at radius 3 is 2.73 bits per heavy atom. The van der Waals surface area contributed by atoms with Crippen molar-refractivity contribution in [2.75, 3.05) is 44.3 Å². The number of aromatic nitrogens is 5. The van der Waals surface area contributed by atoms with Crippen LogP contribution in [0.25, 0.3) is 11.2 Å². The first kappa shape index (κ1) is 21.5.